The molecule has 0 amide bonds. The van der Waals surface area contributed by atoms with Crippen molar-refractivity contribution < 1.29 is 9.52 Å². The summed E-state index contributed by atoms with van der Waals surface area (Å²) in [6.45, 7) is 9.08. The lowest BCUT2D eigenvalue weighted by molar-refractivity contribution is 0.0601. The van der Waals surface area contributed by atoms with Gasteiger partial charge in [0.25, 0.3) is 0 Å². The second-order valence-corrected chi connectivity index (χ2v) is 6.71. The number of nitrogens with zero attached hydrogens (tertiary/aromatic N) is 1. The molecule has 1 atom stereocenters. The van der Waals surface area contributed by atoms with Crippen molar-refractivity contribution in [3.8, 4) is 0 Å². The van der Waals surface area contributed by atoms with Crippen LogP contribution in [0.1, 0.15) is 36.5 Å². The van der Waals surface area contributed by atoms with Crippen LogP contribution in [0, 0.1) is 13.8 Å². The van der Waals surface area contributed by atoms with Crippen LogP contribution in [0.15, 0.2) is 39.7 Å². The van der Waals surface area contributed by atoms with Gasteiger partial charge in [-0.3, -0.25) is 0 Å². The molecule has 0 bridgehead atoms. The fourth-order valence-electron chi connectivity index (χ4n) is 2.62. The van der Waals surface area contributed by atoms with E-state index in [0.29, 0.717) is 24.1 Å². The Labute approximate surface area is 177 Å². The number of nitrogens with one attached hydrogen (secondary N) is 2. The summed E-state index contributed by atoms with van der Waals surface area (Å²) in [4.78, 5) is 4.55. The number of hydrogen-bond donors (Lipinski definition) is 3. The minimum absolute atomic E-state index is 0. The highest BCUT2D eigenvalue weighted by atomic mass is 127. The number of aliphatic hydroxyl groups is 1. The van der Waals surface area contributed by atoms with E-state index in [0.717, 1.165) is 29.2 Å². The van der Waals surface area contributed by atoms with E-state index in [9.17, 15) is 5.11 Å². The predicted octanol–water partition coefficient (Wildman–Crippen LogP) is 4.13. The van der Waals surface area contributed by atoms with Gasteiger partial charge in [0.1, 0.15) is 17.1 Å². The van der Waals surface area contributed by atoms with E-state index in [1.807, 2.05) is 51.1 Å². The van der Waals surface area contributed by atoms with Gasteiger partial charge in [0.05, 0.1) is 13.1 Å². The Morgan fingerprint density at radius 1 is 1.23 bits per heavy atom. The number of guanidine groups is 1. The highest BCUT2D eigenvalue weighted by Crippen LogP contribution is 2.26. The molecule has 0 aliphatic heterocycles. The summed E-state index contributed by atoms with van der Waals surface area (Å²) in [6.07, 6.45) is 0. The molecule has 2 aromatic rings. The van der Waals surface area contributed by atoms with Crippen molar-refractivity contribution in [2.75, 3.05) is 13.1 Å². The van der Waals surface area contributed by atoms with E-state index >= 15 is 0 Å². The van der Waals surface area contributed by atoms with Crippen molar-refractivity contribution in [3.05, 3.63) is 58.0 Å². The van der Waals surface area contributed by atoms with E-state index in [1.54, 1.807) is 6.92 Å². The van der Waals surface area contributed by atoms with Crippen LogP contribution in [0.2, 0.25) is 5.02 Å². The minimum Gasteiger partial charge on any atom is -0.466 e. The van der Waals surface area contributed by atoms with E-state index < -0.39 is 5.60 Å². The standard InChI is InChI=1S/C19H26ClN3O2.HI/c1-5-21-18(22-11-15-6-8-16(20)9-7-15)23-12-19(4,24)17-10-13(2)25-14(17)3;/h6-10,24H,5,11-12H2,1-4H3,(H2,21,22,23);1H. The molecule has 0 saturated heterocycles. The van der Waals surface area contributed by atoms with Crippen molar-refractivity contribution in [1.82, 2.24) is 10.6 Å². The van der Waals surface area contributed by atoms with Gasteiger partial charge < -0.3 is 20.2 Å². The first-order valence-corrected chi connectivity index (χ1v) is 8.76. The van der Waals surface area contributed by atoms with Crippen molar-refractivity contribution in [1.29, 1.82) is 0 Å². The molecule has 1 heterocycles. The van der Waals surface area contributed by atoms with Crippen molar-refractivity contribution in [3.63, 3.8) is 0 Å². The van der Waals surface area contributed by atoms with Crippen molar-refractivity contribution in [2.45, 2.75) is 39.8 Å². The summed E-state index contributed by atoms with van der Waals surface area (Å²) < 4.78 is 5.53. The van der Waals surface area contributed by atoms with Crippen LogP contribution in [0.5, 0.6) is 0 Å². The van der Waals surface area contributed by atoms with Gasteiger partial charge in [-0.2, -0.15) is 0 Å². The van der Waals surface area contributed by atoms with Gasteiger partial charge in [0.2, 0.25) is 0 Å². The smallest absolute Gasteiger partial charge is 0.191 e. The molecular weight excluding hydrogens is 465 g/mol. The lowest BCUT2D eigenvalue weighted by atomic mass is 9.96. The van der Waals surface area contributed by atoms with E-state index in [4.69, 9.17) is 16.0 Å². The van der Waals surface area contributed by atoms with Gasteiger partial charge in [0, 0.05) is 17.1 Å². The average Bonchev–Trinajstić information content (AvgIpc) is 2.91. The summed E-state index contributed by atoms with van der Waals surface area (Å²) in [5, 5.41) is 17.9. The van der Waals surface area contributed by atoms with E-state index in [2.05, 4.69) is 15.6 Å². The molecule has 0 fully saturated rings. The van der Waals surface area contributed by atoms with E-state index in [-0.39, 0.29) is 24.0 Å². The van der Waals surface area contributed by atoms with Crippen LogP contribution >= 0.6 is 35.6 Å². The maximum atomic E-state index is 10.8. The molecule has 7 heteroatoms. The first kappa shape index (κ1) is 22.8. The van der Waals surface area contributed by atoms with Gasteiger partial charge in [-0.05, 0) is 51.5 Å². The van der Waals surface area contributed by atoms with Crippen LogP contribution in [0.3, 0.4) is 0 Å². The topological polar surface area (TPSA) is 69.8 Å². The highest BCUT2D eigenvalue weighted by Gasteiger charge is 2.27. The van der Waals surface area contributed by atoms with Gasteiger partial charge in [-0.25, -0.2) is 4.99 Å². The van der Waals surface area contributed by atoms with Gasteiger partial charge >= 0.3 is 0 Å². The summed E-state index contributed by atoms with van der Waals surface area (Å²) in [7, 11) is 0. The molecule has 5 nitrogen and oxygen atoms in total. The highest BCUT2D eigenvalue weighted by molar-refractivity contribution is 14.0. The fourth-order valence-corrected chi connectivity index (χ4v) is 2.74. The Morgan fingerprint density at radius 3 is 2.42 bits per heavy atom. The molecular formula is C19H27ClIN3O2. The Bertz CT molecular complexity index is 727. The lowest BCUT2D eigenvalue weighted by Crippen LogP contribution is -2.44. The third-order valence-electron chi connectivity index (χ3n) is 3.90. The van der Waals surface area contributed by atoms with Crippen LogP contribution in [-0.4, -0.2) is 24.2 Å². The molecule has 26 heavy (non-hydrogen) atoms. The number of hydrogen-bond acceptors (Lipinski definition) is 3. The van der Waals surface area contributed by atoms with Crippen LogP contribution in [0.25, 0.3) is 0 Å². The van der Waals surface area contributed by atoms with Gasteiger partial charge in [-0.1, -0.05) is 23.7 Å². The zero-order chi connectivity index (χ0) is 18.4. The normalized spacial score (nSPS) is 13.7. The zero-order valence-corrected chi connectivity index (χ0v) is 18.7. The summed E-state index contributed by atoms with van der Waals surface area (Å²) in [6, 6.07) is 9.46. The molecule has 1 aromatic heterocycles. The zero-order valence-electron chi connectivity index (χ0n) is 15.6. The first-order valence-electron chi connectivity index (χ1n) is 8.38. The van der Waals surface area contributed by atoms with Crippen molar-refractivity contribution in [2.24, 2.45) is 4.99 Å². The molecule has 2 rings (SSSR count). The molecule has 0 radical (unpaired) electrons. The molecule has 0 aliphatic carbocycles. The number of rotatable bonds is 6. The molecule has 3 N–H and O–H groups in total. The number of halogens is 2. The van der Waals surface area contributed by atoms with Crippen LogP contribution < -0.4 is 10.6 Å². The minimum atomic E-state index is -1.06. The summed E-state index contributed by atoms with van der Waals surface area (Å²) >= 11 is 5.90. The monoisotopic (exact) mass is 491 g/mol. The largest absolute Gasteiger partial charge is 0.466 e. The third-order valence-corrected chi connectivity index (χ3v) is 4.15. The number of aliphatic imine (C=N–C) groups is 1. The molecule has 144 valence electrons. The van der Waals surface area contributed by atoms with E-state index in [1.165, 1.54) is 0 Å². The quantitative estimate of drug-likeness (QED) is 0.323. The molecule has 0 spiro atoms. The Morgan fingerprint density at radius 2 is 1.88 bits per heavy atom. The number of furan rings is 1. The maximum Gasteiger partial charge on any atom is 0.191 e. The predicted molar refractivity (Wildman–Crippen MR) is 117 cm³/mol. The number of aryl methyl sites for hydroxylation is 2. The average molecular weight is 492 g/mol. The Kier molecular flexibility index (Phi) is 8.92. The summed E-state index contributed by atoms with van der Waals surface area (Å²) in [5.41, 5.74) is 0.791. The molecule has 1 unspecified atom stereocenters. The van der Waals surface area contributed by atoms with Crippen LogP contribution in [0.4, 0.5) is 0 Å². The second-order valence-electron chi connectivity index (χ2n) is 6.28. The maximum absolute atomic E-state index is 10.8. The summed E-state index contributed by atoms with van der Waals surface area (Å²) in [5.74, 6) is 2.17. The molecule has 0 aliphatic rings. The van der Waals surface area contributed by atoms with Gasteiger partial charge in [0.15, 0.2) is 5.96 Å². The first-order chi connectivity index (χ1) is 11.8. The fraction of sp³-hybridized carbons (Fsp3) is 0.421. The second kappa shape index (κ2) is 10.2. The third kappa shape index (κ3) is 6.48. The van der Waals surface area contributed by atoms with Crippen molar-refractivity contribution >= 4 is 41.5 Å². The van der Waals surface area contributed by atoms with Crippen LogP contribution in [-0.2, 0) is 12.1 Å². The Hall–Kier alpha value is -1.25. The van der Waals surface area contributed by atoms with Gasteiger partial charge in [-0.15, -0.1) is 24.0 Å². The number of benzene rings is 1. The SMILES string of the molecule is CCNC(=NCc1ccc(Cl)cc1)NCC(C)(O)c1cc(C)oc1C.I. The molecule has 1 aromatic carbocycles. The Balaban J connectivity index is 0.00000338. The molecule has 0 saturated carbocycles. The lowest BCUT2D eigenvalue weighted by Gasteiger charge is -2.24.